The molecule has 0 amide bonds. The fourth-order valence-electron chi connectivity index (χ4n) is 9.67. The Bertz CT molecular complexity index is 2900. The van der Waals surface area contributed by atoms with E-state index in [2.05, 4.69) is 231 Å². The molecule has 0 radical (unpaired) electrons. The second-order valence-electron chi connectivity index (χ2n) is 15.5. The van der Waals surface area contributed by atoms with E-state index in [0.29, 0.717) is 0 Å². The van der Waals surface area contributed by atoms with Gasteiger partial charge in [0.15, 0.2) is 0 Å². The summed E-state index contributed by atoms with van der Waals surface area (Å²) in [6.07, 6.45) is 6.66. The molecule has 9 aromatic carbocycles. The standard InChI is InChI=1S/C57H45N/c1-3-57(4-2)53-38-41(31-34-48(53)49-36-33-46(39-54(49)57)58(44-23-13-7-14-24-44)45-25-15-8-16-26-45)30-29-40-32-35-51-52(37-40)47-27-17-18-28-50(47)55(42-19-9-5-10-20-42)56(51)43-21-11-6-12-22-43/h5-39H,3-4H2,1-2H3. The molecular formula is C57H45N. The smallest absolute Gasteiger partial charge is 0.0465 e. The molecule has 0 aromatic heterocycles. The average Bonchev–Trinajstić information content (AvgIpc) is 3.57. The lowest BCUT2D eigenvalue weighted by atomic mass is 9.73. The van der Waals surface area contributed by atoms with Crippen molar-refractivity contribution in [2.75, 3.05) is 4.90 Å². The van der Waals surface area contributed by atoms with Gasteiger partial charge in [0.05, 0.1) is 0 Å². The van der Waals surface area contributed by atoms with Gasteiger partial charge in [-0.25, -0.2) is 0 Å². The van der Waals surface area contributed by atoms with E-state index in [1.54, 1.807) is 0 Å². The SMILES string of the molecule is CCC1(CC)c2cc(C=Cc3ccc4c(-c5ccccc5)c(-c5ccccc5)c5ccccc5c4c3)ccc2-c2ccc(N(c3ccccc3)c3ccccc3)cc21. The second kappa shape index (κ2) is 14.8. The maximum absolute atomic E-state index is 2.46. The lowest BCUT2D eigenvalue weighted by molar-refractivity contribution is 0.490. The number of fused-ring (bicyclic) bond motifs is 6. The molecule has 0 saturated heterocycles. The zero-order valence-corrected chi connectivity index (χ0v) is 33.1. The first-order valence-corrected chi connectivity index (χ1v) is 20.6. The van der Waals surface area contributed by atoms with Gasteiger partial charge in [0.2, 0.25) is 0 Å². The number of hydrogen-bond donors (Lipinski definition) is 0. The first-order valence-electron chi connectivity index (χ1n) is 20.6. The number of anilines is 3. The number of hydrogen-bond acceptors (Lipinski definition) is 1. The molecule has 0 N–H and O–H groups in total. The molecule has 0 spiro atoms. The van der Waals surface area contributed by atoms with Crippen LogP contribution in [-0.2, 0) is 5.41 Å². The number of nitrogens with zero attached hydrogens (tertiary/aromatic N) is 1. The fraction of sp³-hybridized carbons (Fsp3) is 0.0877. The quantitative estimate of drug-likeness (QED) is 0.105. The molecule has 0 bridgehead atoms. The van der Waals surface area contributed by atoms with Crippen LogP contribution in [0.5, 0.6) is 0 Å². The molecule has 0 aliphatic heterocycles. The highest BCUT2D eigenvalue weighted by atomic mass is 15.1. The summed E-state index contributed by atoms with van der Waals surface area (Å²) < 4.78 is 0. The van der Waals surface area contributed by atoms with Crippen molar-refractivity contribution in [2.45, 2.75) is 32.1 Å². The van der Waals surface area contributed by atoms with Crippen LogP contribution >= 0.6 is 0 Å². The molecule has 1 aliphatic carbocycles. The minimum Gasteiger partial charge on any atom is -0.310 e. The maximum atomic E-state index is 2.46. The molecular weight excluding hydrogens is 699 g/mol. The van der Waals surface area contributed by atoms with Crippen molar-refractivity contribution in [3.05, 3.63) is 222 Å². The van der Waals surface area contributed by atoms with E-state index in [-0.39, 0.29) is 5.41 Å². The van der Waals surface area contributed by atoms with Gasteiger partial charge < -0.3 is 4.90 Å². The van der Waals surface area contributed by atoms with Gasteiger partial charge in [-0.1, -0.05) is 184 Å². The van der Waals surface area contributed by atoms with Gasteiger partial charge >= 0.3 is 0 Å². The van der Waals surface area contributed by atoms with Crippen LogP contribution in [0.2, 0.25) is 0 Å². The molecule has 1 nitrogen and oxygen atoms in total. The first-order chi connectivity index (χ1) is 28.7. The Balaban J connectivity index is 1.05. The normalized spacial score (nSPS) is 12.9. The third-order valence-corrected chi connectivity index (χ3v) is 12.5. The van der Waals surface area contributed by atoms with E-state index in [0.717, 1.165) is 24.2 Å². The summed E-state index contributed by atoms with van der Waals surface area (Å²) in [6.45, 7) is 4.71. The molecule has 10 rings (SSSR count). The molecule has 0 heterocycles. The minimum atomic E-state index is -0.0737. The van der Waals surface area contributed by atoms with E-state index < -0.39 is 0 Å². The van der Waals surface area contributed by atoms with Crippen molar-refractivity contribution < 1.29 is 0 Å². The molecule has 58 heavy (non-hydrogen) atoms. The molecule has 278 valence electrons. The van der Waals surface area contributed by atoms with E-state index in [9.17, 15) is 0 Å². The van der Waals surface area contributed by atoms with Gasteiger partial charge in [-0.05, 0) is 132 Å². The third kappa shape index (κ3) is 5.94. The monoisotopic (exact) mass is 743 g/mol. The highest BCUT2D eigenvalue weighted by molar-refractivity contribution is 6.22. The topological polar surface area (TPSA) is 3.24 Å². The highest BCUT2D eigenvalue weighted by Gasteiger charge is 2.41. The first kappa shape index (κ1) is 35.5. The number of rotatable bonds is 9. The van der Waals surface area contributed by atoms with Crippen LogP contribution in [0, 0.1) is 0 Å². The largest absolute Gasteiger partial charge is 0.310 e. The summed E-state index contributed by atoms with van der Waals surface area (Å²) in [5.74, 6) is 0. The molecule has 9 aromatic rings. The van der Waals surface area contributed by atoms with Crippen LogP contribution in [0.1, 0.15) is 48.9 Å². The van der Waals surface area contributed by atoms with Crippen LogP contribution < -0.4 is 4.90 Å². The van der Waals surface area contributed by atoms with Gasteiger partial charge in [-0.2, -0.15) is 0 Å². The van der Waals surface area contributed by atoms with Crippen LogP contribution in [0.4, 0.5) is 17.1 Å². The van der Waals surface area contributed by atoms with Crippen LogP contribution in [0.15, 0.2) is 200 Å². The molecule has 0 fully saturated rings. The second-order valence-corrected chi connectivity index (χ2v) is 15.5. The molecule has 0 saturated carbocycles. The third-order valence-electron chi connectivity index (χ3n) is 12.5. The van der Waals surface area contributed by atoms with Crippen molar-refractivity contribution in [3.8, 4) is 33.4 Å². The Hall–Kier alpha value is -6.96. The molecule has 1 aliphatic rings. The van der Waals surface area contributed by atoms with Crippen molar-refractivity contribution in [3.63, 3.8) is 0 Å². The molecule has 0 unspecified atom stereocenters. The van der Waals surface area contributed by atoms with Gasteiger partial charge in [0.25, 0.3) is 0 Å². The van der Waals surface area contributed by atoms with Gasteiger partial charge in [-0.15, -0.1) is 0 Å². The Morgan fingerprint density at radius 1 is 0.379 bits per heavy atom. The lowest BCUT2D eigenvalue weighted by Crippen LogP contribution is -2.23. The van der Waals surface area contributed by atoms with Gasteiger partial charge in [0.1, 0.15) is 0 Å². The summed E-state index contributed by atoms with van der Waals surface area (Å²) in [7, 11) is 0. The molecule has 0 atom stereocenters. The Morgan fingerprint density at radius 3 is 1.40 bits per heavy atom. The average molecular weight is 744 g/mol. The summed E-state index contributed by atoms with van der Waals surface area (Å²) in [5.41, 5.74) is 16.4. The van der Waals surface area contributed by atoms with Gasteiger partial charge in [0, 0.05) is 22.5 Å². The summed E-state index contributed by atoms with van der Waals surface area (Å²) in [5, 5.41) is 5.08. The van der Waals surface area contributed by atoms with Crippen molar-refractivity contribution >= 4 is 50.8 Å². The Morgan fingerprint density at radius 2 is 0.828 bits per heavy atom. The van der Waals surface area contributed by atoms with E-state index in [1.807, 2.05) is 0 Å². The predicted molar refractivity (Wildman–Crippen MR) is 249 cm³/mol. The van der Waals surface area contributed by atoms with Crippen molar-refractivity contribution in [2.24, 2.45) is 0 Å². The van der Waals surface area contributed by atoms with Crippen LogP contribution in [-0.4, -0.2) is 0 Å². The Kier molecular flexibility index (Phi) is 9.07. The summed E-state index contributed by atoms with van der Waals surface area (Å²) in [6, 6.07) is 73.3. The van der Waals surface area contributed by atoms with Gasteiger partial charge in [-0.3, -0.25) is 0 Å². The van der Waals surface area contributed by atoms with E-state index in [4.69, 9.17) is 0 Å². The highest BCUT2D eigenvalue weighted by Crippen LogP contribution is 2.54. The lowest BCUT2D eigenvalue weighted by Gasteiger charge is -2.32. The minimum absolute atomic E-state index is 0.0737. The number of benzene rings is 9. The zero-order chi connectivity index (χ0) is 39.1. The number of para-hydroxylation sites is 2. The Labute approximate surface area is 342 Å². The van der Waals surface area contributed by atoms with Crippen molar-refractivity contribution in [1.29, 1.82) is 0 Å². The van der Waals surface area contributed by atoms with Crippen molar-refractivity contribution in [1.82, 2.24) is 0 Å². The predicted octanol–water partition coefficient (Wildman–Crippen LogP) is 16.1. The fourth-order valence-corrected chi connectivity index (χ4v) is 9.67. The summed E-state index contributed by atoms with van der Waals surface area (Å²) in [4.78, 5) is 2.38. The van der Waals surface area contributed by atoms with Crippen LogP contribution in [0.25, 0.3) is 67.1 Å². The maximum Gasteiger partial charge on any atom is 0.0465 e. The van der Waals surface area contributed by atoms with Crippen LogP contribution in [0.3, 0.4) is 0 Å². The van der Waals surface area contributed by atoms with E-state index in [1.165, 1.54) is 82.9 Å². The summed E-state index contributed by atoms with van der Waals surface area (Å²) >= 11 is 0. The molecule has 1 heteroatoms. The zero-order valence-electron chi connectivity index (χ0n) is 33.1. The van der Waals surface area contributed by atoms with E-state index >= 15 is 0 Å².